The van der Waals surface area contributed by atoms with Crippen LogP contribution in [0.25, 0.3) is 0 Å². The molecule has 0 bridgehead atoms. The number of amides is 1. The maximum atomic E-state index is 12.3. The number of hydrogen-bond donors (Lipinski definition) is 1. The van der Waals surface area contributed by atoms with E-state index in [1.54, 1.807) is 0 Å². The molecule has 0 aliphatic carbocycles. The summed E-state index contributed by atoms with van der Waals surface area (Å²) in [7, 11) is 0. The Bertz CT molecular complexity index is 408. The van der Waals surface area contributed by atoms with Crippen LogP contribution in [0.3, 0.4) is 0 Å². The Kier molecular flexibility index (Phi) is 4.39. The second-order valence-corrected chi connectivity index (χ2v) is 5.75. The summed E-state index contributed by atoms with van der Waals surface area (Å²) in [6.45, 7) is 2.34. The number of benzene rings is 1. The van der Waals surface area contributed by atoms with E-state index in [0.29, 0.717) is 12.5 Å². The van der Waals surface area contributed by atoms with Crippen LogP contribution in [-0.4, -0.2) is 30.4 Å². The molecule has 1 unspecified atom stereocenters. The number of rotatable bonds is 2. The van der Waals surface area contributed by atoms with E-state index in [-0.39, 0.29) is 5.91 Å². The fourth-order valence-electron chi connectivity index (χ4n) is 2.25. The number of hydrogen-bond acceptors (Lipinski definition) is 2. The largest absolute Gasteiger partial charge is 0.338 e. The highest BCUT2D eigenvalue weighted by Crippen LogP contribution is 2.18. The summed E-state index contributed by atoms with van der Waals surface area (Å²) in [5.74, 6) is 0.608. The number of carbonyl (C=O) groups is 1. The maximum Gasteiger partial charge on any atom is 0.253 e. The molecule has 0 radical (unpaired) electrons. The molecule has 1 aromatic carbocycles. The lowest BCUT2D eigenvalue weighted by Crippen LogP contribution is -2.42. The summed E-state index contributed by atoms with van der Waals surface area (Å²) >= 11 is 2.23. The summed E-state index contributed by atoms with van der Waals surface area (Å²) in [5, 5.41) is 0. The van der Waals surface area contributed by atoms with Gasteiger partial charge in [-0.2, -0.15) is 0 Å². The topological polar surface area (TPSA) is 46.3 Å². The first kappa shape index (κ1) is 12.8. The number of halogens is 1. The zero-order chi connectivity index (χ0) is 12.3. The average Bonchev–Trinajstić information content (AvgIpc) is 2.38. The number of piperidine rings is 1. The Morgan fingerprint density at radius 1 is 1.53 bits per heavy atom. The summed E-state index contributed by atoms with van der Waals surface area (Å²) in [4.78, 5) is 14.2. The van der Waals surface area contributed by atoms with E-state index in [2.05, 4.69) is 22.6 Å². The highest BCUT2D eigenvalue weighted by atomic mass is 127. The van der Waals surface area contributed by atoms with Crippen LogP contribution in [0.1, 0.15) is 23.2 Å². The van der Waals surface area contributed by atoms with Crippen LogP contribution in [-0.2, 0) is 0 Å². The first-order valence-corrected chi connectivity index (χ1v) is 7.03. The van der Waals surface area contributed by atoms with Gasteiger partial charge in [0.25, 0.3) is 5.91 Å². The van der Waals surface area contributed by atoms with Crippen LogP contribution in [0.5, 0.6) is 0 Å². The van der Waals surface area contributed by atoms with Gasteiger partial charge < -0.3 is 10.6 Å². The molecule has 1 saturated heterocycles. The molecule has 3 nitrogen and oxygen atoms in total. The van der Waals surface area contributed by atoms with E-state index in [0.717, 1.165) is 35.1 Å². The Balaban J connectivity index is 2.09. The van der Waals surface area contributed by atoms with Crippen molar-refractivity contribution in [2.75, 3.05) is 19.6 Å². The van der Waals surface area contributed by atoms with Gasteiger partial charge in [-0.1, -0.05) is 6.07 Å². The van der Waals surface area contributed by atoms with Crippen LogP contribution >= 0.6 is 22.6 Å². The van der Waals surface area contributed by atoms with E-state index in [9.17, 15) is 4.79 Å². The number of nitrogens with two attached hydrogens (primary N) is 1. The Morgan fingerprint density at radius 2 is 2.35 bits per heavy atom. The van der Waals surface area contributed by atoms with Crippen molar-refractivity contribution in [3.05, 3.63) is 33.4 Å². The summed E-state index contributed by atoms with van der Waals surface area (Å²) in [6.07, 6.45) is 2.21. The van der Waals surface area contributed by atoms with Gasteiger partial charge in [-0.15, -0.1) is 0 Å². The molecule has 2 N–H and O–H groups in total. The van der Waals surface area contributed by atoms with Gasteiger partial charge in [0.15, 0.2) is 0 Å². The number of nitrogens with zero attached hydrogens (tertiary/aromatic N) is 1. The first-order valence-electron chi connectivity index (χ1n) is 5.95. The predicted octanol–water partition coefficient (Wildman–Crippen LogP) is 2.10. The lowest BCUT2D eigenvalue weighted by molar-refractivity contribution is 0.0678. The van der Waals surface area contributed by atoms with Gasteiger partial charge in [-0.05, 0) is 66.1 Å². The minimum absolute atomic E-state index is 0.140. The Labute approximate surface area is 116 Å². The smallest absolute Gasteiger partial charge is 0.253 e. The van der Waals surface area contributed by atoms with E-state index in [1.165, 1.54) is 0 Å². The molecule has 1 fully saturated rings. The van der Waals surface area contributed by atoms with Crippen LogP contribution in [0.4, 0.5) is 0 Å². The normalized spacial score (nSPS) is 20.4. The van der Waals surface area contributed by atoms with Crippen LogP contribution in [0.2, 0.25) is 0 Å². The molecule has 1 amide bonds. The third-order valence-corrected chi connectivity index (χ3v) is 3.88. The van der Waals surface area contributed by atoms with Crippen molar-refractivity contribution in [2.24, 2.45) is 11.7 Å². The van der Waals surface area contributed by atoms with E-state index in [4.69, 9.17) is 5.73 Å². The zero-order valence-electron chi connectivity index (χ0n) is 9.73. The molecular formula is C13H17IN2O. The van der Waals surface area contributed by atoms with Crippen molar-refractivity contribution >= 4 is 28.5 Å². The molecule has 0 aromatic heterocycles. The number of likely N-dealkylation sites (tertiary alicyclic amines) is 1. The van der Waals surface area contributed by atoms with E-state index < -0.39 is 0 Å². The summed E-state index contributed by atoms with van der Waals surface area (Å²) < 4.78 is 1.10. The Morgan fingerprint density at radius 3 is 3.06 bits per heavy atom. The van der Waals surface area contributed by atoms with Crippen molar-refractivity contribution in [1.29, 1.82) is 0 Å². The molecule has 4 heteroatoms. The maximum absolute atomic E-state index is 12.3. The van der Waals surface area contributed by atoms with Crippen molar-refractivity contribution < 1.29 is 4.79 Å². The van der Waals surface area contributed by atoms with Crippen molar-refractivity contribution in [3.63, 3.8) is 0 Å². The minimum Gasteiger partial charge on any atom is -0.338 e. The van der Waals surface area contributed by atoms with Gasteiger partial charge in [-0.25, -0.2) is 0 Å². The summed E-state index contributed by atoms with van der Waals surface area (Å²) in [6, 6.07) is 7.75. The van der Waals surface area contributed by atoms with Gasteiger partial charge in [0, 0.05) is 22.2 Å². The molecule has 92 valence electrons. The van der Waals surface area contributed by atoms with Crippen molar-refractivity contribution in [2.45, 2.75) is 12.8 Å². The van der Waals surface area contributed by atoms with Gasteiger partial charge in [0.1, 0.15) is 0 Å². The predicted molar refractivity (Wildman–Crippen MR) is 76.8 cm³/mol. The lowest BCUT2D eigenvalue weighted by Gasteiger charge is -2.32. The lowest BCUT2D eigenvalue weighted by atomic mass is 9.97. The van der Waals surface area contributed by atoms with Crippen LogP contribution < -0.4 is 5.73 Å². The molecular weight excluding hydrogens is 327 g/mol. The Hall–Kier alpha value is -0.620. The van der Waals surface area contributed by atoms with Crippen molar-refractivity contribution in [3.8, 4) is 0 Å². The fourth-order valence-corrected chi connectivity index (χ4v) is 2.79. The molecule has 1 aliphatic heterocycles. The number of carbonyl (C=O) groups excluding carboxylic acids is 1. The zero-order valence-corrected chi connectivity index (χ0v) is 11.9. The summed E-state index contributed by atoms with van der Waals surface area (Å²) in [5.41, 5.74) is 6.48. The average molecular weight is 344 g/mol. The highest BCUT2D eigenvalue weighted by molar-refractivity contribution is 14.1. The third-order valence-electron chi connectivity index (χ3n) is 3.21. The van der Waals surface area contributed by atoms with Crippen LogP contribution in [0.15, 0.2) is 24.3 Å². The molecule has 1 aliphatic rings. The third kappa shape index (κ3) is 3.19. The molecule has 1 aromatic rings. The van der Waals surface area contributed by atoms with Gasteiger partial charge in [-0.3, -0.25) is 4.79 Å². The van der Waals surface area contributed by atoms with Gasteiger partial charge in [0.05, 0.1) is 0 Å². The van der Waals surface area contributed by atoms with Gasteiger partial charge >= 0.3 is 0 Å². The second-order valence-electron chi connectivity index (χ2n) is 4.51. The molecule has 0 spiro atoms. The van der Waals surface area contributed by atoms with Crippen molar-refractivity contribution in [1.82, 2.24) is 4.90 Å². The standard InChI is InChI=1S/C13H17IN2O/c14-12-5-1-4-11(7-12)13(17)16-6-2-3-10(8-15)9-16/h1,4-5,7,10H,2-3,6,8-9,15H2. The molecule has 2 rings (SSSR count). The first-order chi connectivity index (χ1) is 8.20. The fraction of sp³-hybridized carbons (Fsp3) is 0.462. The minimum atomic E-state index is 0.140. The van der Waals surface area contributed by atoms with Gasteiger partial charge in [0.2, 0.25) is 0 Å². The quantitative estimate of drug-likeness (QED) is 0.836. The molecule has 1 atom stereocenters. The SMILES string of the molecule is NCC1CCCN(C(=O)c2cccc(I)c2)C1. The monoisotopic (exact) mass is 344 g/mol. The van der Waals surface area contributed by atoms with E-state index >= 15 is 0 Å². The second kappa shape index (κ2) is 5.82. The van der Waals surface area contributed by atoms with Crippen LogP contribution in [0, 0.1) is 9.49 Å². The van der Waals surface area contributed by atoms with E-state index in [1.807, 2.05) is 29.2 Å². The molecule has 1 heterocycles. The molecule has 17 heavy (non-hydrogen) atoms. The highest BCUT2D eigenvalue weighted by Gasteiger charge is 2.23. The molecule has 0 saturated carbocycles.